The number of unbranched alkanes of at least 4 members (excludes halogenated alkanes) is 6. The van der Waals surface area contributed by atoms with Gasteiger partial charge in [0.1, 0.15) is 0 Å². The van der Waals surface area contributed by atoms with Gasteiger partial charge in [0.05, 0.1) is 6.61 Å². The molecular formula is C14H28O. The van der Waals surface area contributed by atoms with Gasteiger partial charge >= 0.3 is 0 Å². The maximum absolute atomic E-state index is 5.51. The number of ether oxygens (including phenoxy) is 1. The van der Waals surface area contributed by atoms with E-state index in [0.29, 0.717) is 0 Å². The van der Waals surface area contributed by atoms with Gasteiger partial charge in [0.2, 0.25) is 0 Å². The van der Waals surface area contributed by atoms with E-state index in [1.807, 2.05) is 0 Å². The molecular weight excluding hydrogens is 184 g/mol. The lowest BCUT2D eigenvalue weighted by Gasteiger charge is -2.02. The predicted octanol–water partition coefficient (Wildman–Crippen LogP) is 4.72. The molecule has 0 spiro atoms. The summed E-state index contributed by atoms with van der Waals surface area (Å²) < 4.78 is 5.51. The largest absolute Gasteiger partial charge is 0.381 e. The van der Waals surface area contributed by atoms with E-state index in [4.69, 9.17) is 4.74 Å². The van der Waals surface area contributed by atoms with Gasteiger partial charge in [0.25, 0.3) is 0 Å². The molecule has 0 heterocycles. The van der Waals surface area contributed by atoms with Crippen molar-refractivity contribution in [3.8, 4) is 0 Å². The SMILES string of the molecule is CC=CCCOCCCCCCCCC. The Bertz CT molecular complexity index is 129. The van der Waals surface area contributed by atoms with Crippen molar-refractivity contribution in [2.24, 2.45) is 0 Å². The lowest BCUT2D eigenvalue weighted by Crippen LogP contribution is -1.95. The van der Waals surface area contributed by atoms with Crippen LogP contribution in [-0.4, -0.2) is 13.2 Å². The Morgan fingerprint density at radius 1 is 0.867 bits per heavy atom. The average molecular weight is 212 g/mol. The van der Waals surface area contributed by atoms with Crippen LogP contribution in [0, 0.1) is 0 Å². The van der Waals surface area contributed by atoms with Crippen molar-refractivity contribution in [2.75, 3.05) is 13.2 Å². The van der Waals surface area contributed by atoms with Crippen LogP contribution in [0.3, 0.4) is 0 Å². The first-order valence-electron chi connectivity index (χ1n) is 6.60. The molecule has 0 aromatic rings. The van der Waals surface area contributed by atoms with E-state index in [0.717, 1.165) is 19.6 Å². The summed E-state index contributed by atoms with van der Waals surface area (Å²) in [6, 6.07) is 0. The molecule has 0 saturated heterocycles. The molecule has 0 atom stereocenters. The normalized spacial score (nSPS) is 11.3. The zero-order chi connectivity index (χ0) is 11.2. The van der Waals surface area contributed by atoms with Crippen LogP contribution in [0.15, 0.2) is 12.2 Å². The van der Waals surface area contributed by atoms with Gasteiger partial charge in [-0.2, -0.15) is 0 Å². The number of hydrogen-bond acceptors (Lipinski definition) is 1. The molecule has 0 unspecified atom stereocenters. The number of rotatable bonds is 11. The highest BCUT2D eigenvalue weighted by atomic mass is 16.5. The van der Waals surface area contributed by atoms with E-state index >= 15 is 0 Å². The highest BCUT2D eigenvalue weighted by Crippen LogP contribution is 2.06. The molecule has 0 aliphatic heterocycles. The van der Waals surface area contributed by atoms with E-state index in [1.54, 1.807) is 0 Å². The van der Waals surface area contributed by atoms with Crippen LogP contribution >= 0.6 is 0 Å². The molecule has 0 radical (unpaired) electrons. The number of hydrogen-bond donors (Lipinski definition) is 0. The first-order valence-corrected chi connectivity index (χ1v) is 6.60. The van der Waals surface area contributed by atoms with E-state index in [9.17, 15) is 0 Å². The molecule has 0 aromatic carbocycles. The first kappa shape index (κ1) is 14.7. The van der Waals surface area contributed by atoms with Crippen LogP contribution in [0.5, 0.6) is 0 Å². The fourth-order valence-electron chi connectivity index (χ4n) is 1.58. The Labute approximate surface area is 95.9 Å². The summed E-state index contributed by atoms with van der Waals surface area (Å²) in [5.41, 5.74) is 0. The topological polar surface area (TPSA) is 9.23 Å². The summed E-state index contributed by atoms with van der Waals surface area (Å²) in [5, 5.41) is 0. The molecule has 90 valence electrons. The van der Waals surface area contributed by atoms with Crippen LogP contribution in [0.2, 0.25) is 0 Å². The van der Waals surface area contributed by atoms with E-state index in [-0.39, 0.29) is 0 Å². The Balaban J connectivity index is 2.86. The Morgan fingerprint density at radius 3 is 2.20 bits per heavy atom. The molecule has 0 aliphatic rings. The van der Waals surface area contributed by atoms with Crippen molar-refractivity contribution in [3.05, 3.63) is 12.2 Å². The molecule has 0 aliphatic carbocycles. The van der Waals surface area contributed by atoms with E-state index in [1.165, 1.54) is 44.9 Å². The van der Waals surface area contributed by atoms with Gasteiger partial charge in [-0.3, -0.25) is 0 Å². The molecule has 0 aromatic heterocycles. The maximum atomic E-state index is 5.51. The van der Waals surface area contributed by atoms with Gasteiger partial charge in [-0.15, -0.1) is 0 Å². The van der Waals surface area contributed by atoms with Gasteiger partial charge in [-0.05, 0) is 19.8 Å². The zero-order valence-corrected chi connectivity index (χ0v) is 10.6. The van der Waals surface area contributed by atoms with Gasteiger partial charge in [-0.1, -0.05) is 57.6 Å². The van der Waals surface area contributed by atoms with Gasteiger partial charge in [0, 0.05) is 6.61 Å². The summed E-state index contributed by atoms with van der Waals surface area (Å²) >= 11 is 0. The third-order valence-corrected chi connectivity index (χ3v) is 2.56. The minimum Gasteiger partial charge on any atom is -0.381 e. The molecule has 1 nitrogen and oxygen atoms in total. The highest BCUT2D eigenvalue weighted by molar-refractivity contribution is 4.75. The zero-order valence-electron chi connectivity index (χ0n) is 10.6. The summed E-state index contributed by atoms with van der Waals surface area (Å²) in [4.78, 5) is 0. The molecule has 1 heteroatoms. The average Bonchev–Trinajstić information content (AvgIpc) is 2.26. The second-order valence-corrected chi connectivity index (χ2v) is 4.09. The van der Waals surface area contributed by atoms with Crippen molar-refractivity contribution >= 4 is 0 Å². The van der Waals surface area contributed by atoms with Crippen molar-refractivity contribution in [2.45, 2.75) is 65.2 Å². The van der Waals surface area contributed by atoms with Crippen molar-refractivity contribution in [3.63, 3.8) is 0 Å². The molecule has 0 amide bonds. The quantitative estimate of drug-likeness (QED) is 0.356. The Kier molecular flexibility index (Phi) is 13.4. The molecule has 0 saturated carbocycles. The Hall–Kier alpha value is -0.300. The standard InChI is InChI=1S/C14H28O/c1-3-5-7-8-9-10-12-14-15-13-11-6-4-2/h4,6H,3,5,7-14H2,1-2H3. The van der Waals surface area contributed by atoms with Crippen molar-refractivity contribution in [1.29, 1.82) is 0 Å². The van der Waals surface area contributed by atoms with Crippen molar-refractivity contribution in [1.82, 2.24) is 0 Å². The van der Waals surface area contributed by atoms with Gasteiger partial charge < -0.3 is 4.74 Å². The maximum Gasteiger partial charge on any atom is 0.0500 e. The second-order valence-electron chi connectivity index (χ2n) is 4.09. The Morgan fingerprint density at radius 2 is 1.53 bits per heavy atom. The third-order valence-electron chi connectivity index (χ3n) is 2.56. The summed E-state index contributed by atoms with van der Waals surface area (Å²) in [7, 11) is 0. The summed E-state index contributed by atoms with van der Waals surface area (Å²) in [5.74, 6) is 0. The van der Waals surface area contributed by atoms with E-state index < -0.39 is 0 Å². The molecule has 15 heavy (non-hydrogen) atoms. The summed E-state index contributed by atoms with van der Waals surface area (Å²) in [6.45, 7) is 6.15. The fraction of sp³-hybridized carbons (Fsp3) is 0.857. The minimum absolute atomic E-state index is 0.889. The molecule has 0 bridgehead atoms. The molecule has 0 fully saturated rings. The van der Waals surface area contributed by atoms with Crippen LogP contribution in [0.25, 0.3) is 0 Å². The van der Waals surface area contributed by atoms with Gasteiger partial charge in [-0.25, -0.2) is 0 Å². The lowest BCUT2D eigenvalue weighted by molar-refractivity contribution is 0.134. The lowest BCUT2D eigenvalue weighted by atomic mass is 10.1. The number of allylic oxidation sites excluding steroid dienone is 1. The van der Waals surface area contributed by atoms with Crippen LogP contribution < -0.4 is 0 Å². The highest BCUT2D eigenvalue weighted by Gasteiger charge is 1.91. The molecule has 0 N–H and O–H groups in total. The van der Waals surface area contributed by atoms with Gasteiger partial charge in [0.15, 0.2) is 0 Å². The first-order chi connectivity index (χ1) is 7.41. The minimum atomic E-state index is 0.889. The van der Waals surface area contributed by atoms with Crippen molar-refractivity contribution < 1.29 is 4.74 Å². The predicted molar refractivity (Wildman–Crippen MR) is 68.2 cm³/mol. The van der Waals surface area contributed by atoms with E-state index in [2.05, 4.69) is 26.0 Å². The van der Waals surface area contributed by atoms with Crippen LogP contribution in [0.1, 0.15) is 65.2 Å². The fourth-order valence-corrected chi connectivity index (χ4v) is 1.58. The third kappa shape index (κ3) is 13.7. The monoisotopic (exact) mass is 212 g/mol. The second kappa shape index (κ2) is 13.7. The van der Waals surface area contributed by atoms with Crippen LogP contribution in [-0.2, 0) is 4.74 Å². The molecule has 0 rings (SSSR count). The summed E-state index contributed by atoms with van der Waals surface area (Å²) in [6.07, 6.45) is 14.8. The smallest absolute Gasteiger partial charge is 0.0500 e. The van der Waals surface area contributed by atoms with Crippen LogP contribution in [0.4, 0.5) is 0 Å².